The molecule has 21 heavy (non-hydrogen) atoms. The minimum absolute atomic E-state index is 0.0510. The van der Waals surface area contributed by atoms with Crippen molar-refractivity contribution in [2.45, 2.75) is 31.5 Å². The van der Waals surface area contributed by atoms with Gasteiger partial charge in [-0.3, -0.25) is 4.90 Å². The first-order valence-electron chi connectivity index (χ1n) is 7.19. The fourth-order valence-electron chi connectivity index (χ4n) is 2.56. The average Bonchev–Trinajstić information content (AvgIpc) is 2.49. The molecule has 0 amide bonds. The van der Waals surface area contributed by atoms with Gasteiger partial charge in [-0.05, 0) is 25.0 Å². The van der Waals surface area contributed by atoms with Crippen molar-refractivity contribution in [1.82, 2.24) is 4.90 Å². The smallest absolute Gasteiger partial charge is 0.0933 e. The maximum absolute atomic E-state index is 9.21. The van der Waals surface area contributed by atoms with Gasteiger partial charge in [0.2, 0.25) is 0 Å². The van der Waals surface area contributed by atoms with Gasteiger partial charge in [-0.2, -0.15) is 0 Å². The Morgan fingerprint density at radius 1 is 1.48 bits per heavy atom. The second-order valence-corrected chi connectivity index (χ2v) is 6.31. The summed E-state index contributed by atoms with van der Waals surface area (Å²) in [6, 6.07) is 5.71. The molecule has 1 fully saturated rings. The lowest BCUT2D eigenvalue weighted by atomic mass is 10.0. The van der Waals surface area contributed by atoms with Crippen molar-refractivity contribution in [3.8, 4) is 0 Å². The van der Waals surface area contributed by atoms with Crippen LogP contribution in [0.5, 0.6) is 0 Å². The van der Waals surface area contributed by atoms with E-state index in [0.717, 1.165) is 25.1 Å². The van der Waals surface area contributed by atoms with Crippen molar-refractivity contribution in [1.29, 1.82) is 0 Å². The van der Waals surface area contributed by atoms with E-state index in [0.29, 0.717) is 22.7 Å². The van der Waals surface area contributed by atoms with Crippen LogP contribution in [0.25, 0.3) is 0 Å². The summed E-state index contributed by atoms with van der Waals surface area (Å²) in [7, 11) is 0. The number of nitrogens with zero attached hydrogens (tertiary/aromatic N) is 1. The lowest BCUT2D eigenvalue weighted by Crippen LogP contribution is -2.50. The van der Waals surface area contributed by atoms with Crippen LogP contribution in [0, 0.1) is 0 Å². The number of aliphatic hydroxyl groups is 1. The Hall–Kier alpha value is -0.360. The summed E-state index contributed by atoms with van der Waals surface area (Å²) in [4.78, 5) is 2.29. The van der Waals surface area contributed by atoms with Gasteiger partial charge in [0, 0.05) is 25.2 Å². The normalized spacial score (nSPS) is 25.0. The van der Waals surface area contributed by atoms with Crippen molar-refractivity contribution in [3.63, 3.8) is 0 Å². The van der Waals surface area contributed by atoms with Gasteiger partial charge in [-0.1, -0.05) is 35.3 Å². The molecule has 1 heterocycles. The summed E-state index contributed by atoms with van der Waals surface area (Å²) >= 11 is 12.2. The van der Waals surface area contributed by atoms with Crippen LogP contribution in [-0.2, 0) is 4.74 Å². The average molecular weight is 333 g/mol. The van der Waals surface area contributed by atoms with Gasteiger partial charge in [-0.25, -0.2) is 0 Å². The zero-order valence-electron chi connectivity index (χ0n) is 12.1. The number of aliphatic hydroxyl groups excluding tert-OH is 1. The molecule has 0 aliphatic carbocycles. The fourth-order valence-corrected chi connectivity index (χ4v) is 3.01. The Balaban J connectivity index is 1.94. The van der Waals surface area contributed by atoms with Crippen LogP contribution in [0.3, 0.4) is 0 Å². The van der Waals surface area contributed by atoms with E-state index in [2.05, 4.69) is 11.8 Å². The second kappa shape index (κ2) is 7.77. The highest BCUT2D eigenvalue weighted by molar-refractivity contribution is 6.42. The van der Waals surface area contributed by atoms with Crippen LogP contribution in [0.2, 0.25) is 10.0 Å². The Labute approximate surface area is 135 Å². The number of nitrogens with two attached hydrogens (primary N) is 1. The molecule has 0 spiro atoms. The van der Waals surface area contributed by atoms with Crippen molar-refractivity contribution in [3.05, 3.63) is 33.8 Å². The molecule has 118 valence electrons. The Kier molecular flexibility index (Phi) is 6.29. The molecule has 1 aromatic carbocycles. The third kappa shape index (κ3) is 4.31. The van der Waals surface area contributed by atoms with Crippen molar-refractivity contribution in [2.24, 2.45) is 5.73 Å². The molecular weight excluding hydrogens is 311 g/mol. The molecule has 0 bridgehead atoms. The summed E-state index contributed by atoms with van der Waals surface area (Å²) in [6.07, 6.45) is 0.676. The molecule has 0 radical (unpaired) electrons. The van der Waals surface area contributed by atoms with Crippen LogP contribution in [0.4, 0.5) is 0 Å². The molecular formula is C15H22Cl2N2O2. The molecule has 1 aliphatic rings. The maximum atomic E-state index is 9.21. The number of morpholine rings is 1. The first kappa shape index (κ1) is 17.0. The number of hydrogen-bond donors (Lipinski definition) is 2. The van der Waals surface area contributed by atoms with E-state index < -0.39 is 0 Å². The zero-order chi connectivity index (χ0) is 15.4. The van der Waals surface area contributed by atoms with Gasteiger partial charge >= 0.3 is 0 Å². The lowest BCUT2D eigenvalue weighted by Gasteiger charge is -2.37. The number of rotatable bonds is 5. The van der Waals surface area contributed by atoms with E-state index in [4.69, 9.17) is 33.7 Å². The highest BCUT2D eigenvalue weighted by atomic mass is 35.5. The molecule has 1 saturated heterocycles. The van der Waals surface area contributed by atoms with Gasteiger partial charge in [0.05, 0.1) is 29.4 Å². The first-order chi connectivity index (χ1) is 10.0. The monoisotopic (exact) mass is 332 g/mol. The Morgan fingerprint density at radius 3 is 2.95 bits per heavy atom. The number of halogens is 2. The van der Waals surface area contributed by atoms with Crippen molar-refractivity contribution in [2.75, 3.05) is 26.3 Å². The standard InChI is InChI=1S/C15H22Cl2N2O2/c1-10-9-21-11(8-20)7-19(10)6-5-14(18)12-3-2-4-13(16)15(12)17/h2-4,10-11,14,20H,5-9,18H2,1H3. The third-order valence-corrected chi connectivity index (χ3v) is 4.78. The summed E-state index contributed by atoms with van der Waals surface area (Å²) in [5.41, 5.74) is 7.12. The summed E-state index contributed by atoms with van der Waals surface area (Å²) in [5, 5.41) is 10.3. The minimum atomic E-state index is -0.154. The molecule has 3 N–H and O–H groups in total. The number of benzene rings is 1. The third-order valence-electron chi connectivity index (χ3n) is 3.95. The summed E-state index contributed by atoms with van der Waals surface area (Å²) < 4.78 is 5.53. The van der Waals surface area contributed by atoms with Gasteiger partial charge in [0.15, 0.2) is 0 Å². The van der Waals surface area contributed by atoms with Crippen LogP contribution in [0.1, 0.15) is 24.9 Å². The van der Waals surface area contributed by atoms with E-state index in [1.165, 1.54) is 0 Å². The minimum Gasteiger partial charge on any atom is -0.394 e. The zero-order valence-corrected chi connectivity index (χ0v) is 13.6. The van der Waals surface area contributed by atoms with Crippen LogP contribution in [0.15, 0.2) is 18.2 Å². The molecule has 4 nitrogen and oxygen atoms in total. The lowest BCUT2D eigenvalue weighted by molar-refractivity contribution is -0.0782. The topological polar surface area (TPSA) is 58.7 Å². The number of ether oxygens (including phenoxy) is 1. The van der Waals surface area contributed by atoms with Crippen molar-refractivity contribution < 1.29 is 9.84 Å². The molecule has 1 aliphatic heterocycles. The van der Waals surface area contributed by atoms with Gasteiger partial charge in [0.1, 0.15) is 0 Å². The molecule has 1 aromatic rings. The van der Waals surface area contributed by atoms with Gasteiger partial charge < -0.3 is 15.6 Å². The van der Waals surface area contributed by atoms with Gasteiger partial charge in [0.25, 0.3) is 0 Å². The van der Waals surface area contributed by atoms with Crippen LogP contribution >= 0.6 is 23.2 Å². The van der Waals surface area contributed by atoms with E-state index in [1.807, 2.05) is 12.1 Å². The molecule has 2 rings (SSSR count). The van der Waals surface area contributed by atoms with E-state index in [9.17, 15) is 5.11 Å². The highest BCUT2D eigenvalue weighted by Crippen LogP contribution is 2.30. The molecule has 3 unspecified atom stereocenters. The molecule has 0 saturated carbocycles. The molecule has 3 atom stereocenters. The summed E-state index contributed by atoms with van der Waals surface area (Å²) in [5.74, 6) is 0. The second-order valence-electron chi connectivity index (χ2n) is 5.52. The quantitative estimate of drug-likeness (QED) is 0.869. The molecule has 6 heteroatoms. The fraction of sp³-hybridized carbons (Fsp3) is 0.600. The highest BCUT2D eigenvalue weighted by Gasteiger charge is 2.26. The largest absolute Gasteiger partial charge is 0.394 e. The summed E-state index contributed by atoms with van der Waals surface area (Å²) in [6.45, 7) is 4.37. The number of hydrogen-bond acceptors (Lipinski definition) is 4. The Bertz CT molecular complexity index is 473. The van der Waals surface area contributed by atoms with E-state index >= 15 is 0 Å². The predicted molar refractivity (Wildman–Crippen MR) is 85.9 cm³/mol. The van der Waals surface area contributed by atoms with Crippen LogP contribution in [-0.4, -0.2) is 48.5 Å². The van der Waals surface area contributed by atoms with Crippen molar-refractivity contribution >= 4 is 23.2 Å². The van der Waals surface area contributed by atoms with E-state index in [1.54, 1.807) is 6.07 Å². The molecule has 0 aromatic heterocycles. The predicted octanol–water partition coefficient (Wildman–Crippen LogP) is 2.46. The maximum Gasteiger partial charge on any atom is 0.0933 e. The van der Waals surface area contributed by atoms with Gasteiger partial charge in [-0.15, -0.1) is 0 Å². The SMILES string of the molecule is CC1COC(CO)CN1CCC(N)c1cccc(Cl)c1Cl. The Morgan fingerprint density at radius 2 is 2.24 bits per heavy atom. The van der Waals surface area contributed by atoms with Crippen LogP contribution < -0.4 is 5.73 Å². The van der Waals surface area contributed by atoms with E-state index in [-0.39, 0.29) is 18.8 Å². The first-order valence-corrected chi connectivity index (χ1v) is 7.94.